The highest BCUT2D eigenvalue weighted by Crippen LogP contribution is 2.35. The summed E-state index contributed by atoms with van der Waals surface area (Å²) in [4.78, 5) is 6.47. The Morgan fingerprint density at radius 2 is 1.45 bits per heavy atom. The van der Waals surface area contributed by atoms with E-state index in [2.05, 4.69) is 63.5 Å². The smallest absolute Gasteiger partial charge is 0.336 e. The van der Waals surface area contributed by atoms with Crippen molar-refractivity contribution in [3.8, 4) is 23.0 Å². The molecule has 0 atom stereocenters. The maximum Gasteiger partial charge on any atom is 0.336 e. The van der Waals surface area contributed by atoms with Crippen LogP contribution in [0.15, 0.2) is 72.9 Å². The van der Waals surface area contributed by atoms with Crippen LogP contribution in [0.5, 0.6) is 11.8 Å². The maximum absolute atomic E-state index is 9.68. The molecule has 1 aromatic heterocycles. The summed E-state index contributed by atoms with van der Waals surface area (Å²) in [7, 11) is 2.11. The van der Waals surface area contributed by atoms with Crippen molar-refractivity contribution in [3.63, 3.8) is 0 Å². The molecule has 0 fully saturated rings. The molecular weight excluding hydrogens is 459 g/mol. The highest BCUT2D eigenvalue weighted by Gasteiger charge is 2.11. The minimum Gasteiger partial charge on any atom is -0.505 e. The quantitative estimate of drug-likeness (QED) is 0.345. The van der Waals surface area contributed by atoms with Crippen LogP contribution >= 0.6 is 23.2 Å². The summed E-state index contributed by atoms with van der Waals surface area (Å²) >= 11 is 11.9. The first-order valence-electron chi connectivity index (χ1n) is 10.3. The Labute approximate surface area is 202 Å². The first-order chi connectivity index (χ1) is 16.0. The lowest BCUT2D eigenvalue weighted by molar-refractivity contribution is 0.276. The third kappa shape index (κ3) is 6.20. The van der Waals surface area contributed by atoms with Gasteiger partial charge in [0.05, 0.1) is 16.2 Å². The lowest BCUT2D eigenvalue weighted by atomic mass is 10.1. The van der Waals surface area contributed by atoms with Gasteiger partial charge in [-0.25, -0.2) is 4.98 Å². The van der Waals surface area contributed by atoms with E-state index in [1.807, 2.05) is 18.2 Å². The van der Waals surface area contributed by atoms with Crippen molar-refractivity contribution in [1.82, 2.24) is 20.1 Å². The van der Waals surface area contributed by atoms with E-state index in [0.29, 0.717) is 17.9 Å². The number of hydrogen-bond acceptors (Lipinski definition) is 6. The van der Waals surface area contributed by atoms with Gasteiger partial charge in [-0.05, 0) is 35.9 Å². The van der Waals surface area contributed by atoms with Crippen molar-refractivity contribution in [2.45, 2.75) is 19.7 Å². The molecule has 4 aromatic rings. The van der Waals surface area contributed by atoms with E-state index in [1.165, 1.54) is 17.3 Å². The minimum absolute atomic E-state index is 0.134. The van der Waals surface area contributed by atoms with Crippen LogP contribution in [0, 0.1) is 0 Å². The molecule has 6 nitrogen and oxygen atoms in total. The lowest BCUT2D eigenvalue weighted by Gasteiger charge is -2.17. The van der Waals surface area contributed by atoms with Gasteiger partial charge in [-0.2, -0.15) is 0 Å². The van der Waals surface area contributed by atoms with Crippen molar-refractivity contribution in [3.05, 3.63) is 99.7 Å². The summed E-state index contributed by atoms with van der Waals surface area (Å²) in [6.07, 6.45) is 1.52. The Hall–Kier alpha value is -3.19. The normalized spacial score (nSPS) is 11.0. The largest absolute Gasteiger partial charge is 0.505 e. The van der Waals surface area contributed by atoms with Gasteiger partial charge in [0, 0.05) is 18.7 Å². The molecule has 0 aliphatic rings. The number of halogens is 2. The molecule has 1 heterocycles. The highest BCUT2D eigenvalue weighted by atomic mass is 35.5. The van der Waals surface area contributed by atoms with Crippen LogP contribution in [-0.2, 0) is 19.7 Å². The van der Waals surface area contributed by atoms with Crippen LogP contribution in [0.25, 0.3) is 11.3 Å². The third-order valence-electron chi connectivity index (χ3n) is 4.99. The standard InChI is InChI=1S/C25H22Cl2N4O2/c1-31(14-17-5-3-2-4-6-17)15-18-7-9-19(10-8-18)16-33-25-28-13-23(29-30-25)20-11-21(26)24(32)22(27)12-20/h2-13,32H,14-16H2,1H3. The summed E-state index contributed by atoms with van der Waals surface area (Å²) in [6, 6.07) is 21.9. The second-order valence-corrected chi connectivity index (χ2v) is 8.49. The zero-order valence-electron chi connectivity index (χ0n) is 17.9. The predicted octanol–water partition coefficient (Wildman–Crippen LogP) is 5.76. The number of nitrogens with zero attached hydrogens (tertiary/aromatic N) is 4. The molecule has 0 saturated heterocycles. The molecule has 8 heteroatoms. The summed E-state index contributed by atoms with van der Waals surface area (Å²) < 4.78 is 5.66. The predicted molar refractivity (Wildman–Crippen MR) is 129 cm³/mol. The molecule has 0 aliphatic carbocycles. The fraction of sp³-hybridized carbons (Fsp3) is 0.160. The molecule has 0 radical (unpaired) electrons. The third-order valence-corrected chi connectivity index (χ3v) is 5.57. The Bertz CT molecular complexity index is 1180. The molecule has 168 valence electrons. The molecule has 0 bridgehead atoms. The summed E-state index contributed by atoms with van der Waals surface area (Å²) in [6.45, 7) is 2.09. The van der Waals surface area contributed by atoms with Crippen molar-refractivity contribution < 1.29 is 9.84 Å². The average molecular weight is 481 g/mol. The van der Waals surface area contributed by atoms with E-state index in [4.69, 9.17) is 27.9 Å². The first kappa shape index (κ1) is 23.0. The Balaban J connectivity index is 1.31. The van der Waals surface area contributed by atoms with E-state index < -0.39 is 0 Å². The second kappa shape index (κ2) is 10.6. The first-order valence-corrected chi connectivity index (χ1v) is 11.0. The Morgan fingerprint density at radius 1 is 0.848 bits per heavy atom. The van der Waals surface area contributed by atoms with Gasteiger partial charge in [-0.3, -0.25) is 4.90 Å². The molecule has 0 unspecified atom stereocenters. The van der Waals surface area contributed by atoms with Gasteiger partial charge in [0.1, 0.15) is 12.3 Å². The van der Waals surface area contributed by atoms with E-state index in [9.17, 15) is 5.11 Å². The van der Waals surface area contributed by atoms with Gasteiger partial charge in [0.15, 0.2) is 5.75 Å². The highest BCUT2D eigenvalue weighted by molar-refractivity contribution is 6.37. The molecule has 0 aliphatic heterocycles. The van der Waals surface area contributed by atoms with Crippen LogP contribution < -0.4 is 4.74 Å². The second-order valence-electron chi connectivity index (χ2n) is 7.68. The summed E-state index contributed by atoms with van der Waals surface area (Å²) in [5, 5.41) is 18.1. The van der Waals surface area contributed by atoms with E-state index >= 15 is 0 Å². The monoisotopic (exact) mass is 480 g/mol. The van der Waals surface area contributed by atoms with E-state index in [1.54, 1.807) is 12.1 Å². The van der Waals surface area contributed by atoms with Crippen molar-refractivity contribution in [1.29, 1.82) is 0 Å². The summed E-state index contributed by atoms with van der Waals surface area (Å²) in [5.74, 6) is -0.170. The van der Waals surface area contributed by atoms with Gasteiger partial charge in [-0.1, -0.05) is 82.9 Å². The SMILES string of the molecule is CN(Cc1ccccc1)Cc1ccc(COc2ncc(-c3cc(Cl)c(O)c(Cl)c3)nn2)cc1. The zero-order valence-corrected chi connectivity index (χ0v) is 19.5. The van der Waals surface area contributed by atoms with Crippen molar-refractivity contribution in [2.75, 3.05) is 7.05 Å². The number of ether oxygens (including phenoxy) is 1. The number of aromatic nitrogens is 3. The fourth-order valence-corrected chi connectivity index (χ4v) is 3.81. The molecule has 0 saturated carbocycles. The van der Waals surface area contributed by atoms with Gasteiger partial charge in [0.2, 0.25) is 0 Å². The molecule has 1 N–H and O–H groups in total. The zero-order chi connectivity index (χ0) is 23.2. The molecular formula is C25H22Cl2N4O2. The van der Waals surface area contributed by atoms with Crippen molar-refractivity contribution in [2.24, 2.45) is 0 Å². The maximum atomic E-state index is 9.68. The molecule has 0 amide bonds. The van der Waals surface area contributed by atoms with Gasteiger partial charge in [0.25, 0.3) is 0 Å². The van der Waals surface area contributed by atoms with Gasteiger partial charge < -0.3 is 9.84 Å². The molecule has 4 rings (SSSR count). The number of phenols is 1. The number of aromatic hydroxyl groups is 1. The number of benzene rings is 3. The van der Waals surface area contributed by atoms with E-state index in [-0.39, 0.29) is 21.8 Å². The van der Waals surface area contributed by atoms with Crippen LogP contribution in [-0.4, -0.2) is 32.2 Å². The Morgan fingerprint density at radius 3 is 2.06 bits per heavy atom. The van der Waals surface area contributed by atoms with Crippen LogP contribution in [0.1, 0.15) is 16.7 Å². The lowest BCUT2D eigenvalue weighted by Crippen LogP contribution is -2.17. The molecule has 3 aromatic carbocycles. The van der Waals surface area contributed by atoms with Gasteiger partial charge >= 0.3 is 6.01 Å². The minimum atomic E-state index is -0.170. The van der Waals surface area contributed by atoms with Crippen molar-refractivity contribution >= 4 is 23.2 Å². The Kier molecular flexibility index (Phi) is 7.40. The summed E-state index contributed by atoms with van der Waals surface area (Å²) in [5.41, 5.74) is 4.60. The average Bonchev–Trinajstić information content (AvgIpc) is 2.83. The van der Waals surface area contributed by atoms with Crippen LogP contribution in [0.3, 0.4) is 0 Å². The molecule has 0 spiro atoms. The van der Waals surface area contributed by atoms with Gasteiger partial charge in [-0.15, -0.1) is 5.10 Å². The molecule has 33 heavy (non-hydrogen) atoms. The van der Waals surface area contributed by atoms with Crippen LogP contribution in [0.2, 0.25) is 10.0 Å². The topological polar surface area (TPSA) is 71.4 Å². The fourth-order valence-electron chi connectivity index (χ4n) is 3.33. The van der Waals surface area contributed by atoms with Crippen LogP contribution in [0.4, 0.5) is 0 Å². The number of phenolic OH excluding ortho intramolecular Hbond substituents is 1. The van der Waals surface area contributed by atoms with E-state index in [0.717, 1.165) is 18.7 Å². The number of hydrogen-bond donors (Lipinski definition) is 1. The number of rotatable bonds is 8.